The summed E-state index contributed by atoms with van der Waals surface area (Å²) in [6, 6.07) is 23.0. The highest BCUT2D eigenvalue weighted by molar-refractivity contribution is 5.92. The normalized spacial score (nSPS) is 11.0. The fourth-order valence-electron chi connectivity index (χ4n) is 3.33. The number of anilines is 1. The lowest BCUT2D eigenvalue weighted by atomic mass is 10.1. The highest BCUT2D eigenvalue weighted by Gasteiger charge is 2.09. The molecule has 0 atom stereocenters. The van der Waals surface area contributed by atoms with Crippen molar-refractivity contribution in [2.24, 2.45) is 0 Å². The first-order valence-electron chi connectivity index (χ1n) is 9.22. The van der Waals surface area contributed by atoms with Gasteiger partial charge in [0.1, 0.15) is 11.5 Å². The maximum absolute atomic E-state index is 11.5. The number of nitrogens with zero attached hydrogens (tertiary/aromatic N) is 1. The minimum Gasteiger partial charge on any atom is -0.457 e. The molecule has 5 aromatic rings. The van der Waals surface area contributed by atoms with E-state index in [2.05, 4.69) is 15.3 Å². The van der Waals surface area contributed by atoms with Crippen molar-refractivity contribution >= 4 is 27.7 Å². The number of aromatic nitrogens is 2. The van der Waals surface area contributed by atoms with Gasteiger partial charge in [-0.05, 0) is 42.5 Å². The van der Waals surface area contributed by atoms with Gasteiger partial charge in [-0.3, -0.25) is 9.97 Å². The first-order chi connectivity index (χ1) is 14.3. The quantitative estimate of drug-likeness (QED) is 0.443. The Hall–Kier alpha value is -4.06. The van der Waals surface area contributed by atoms with Crippen LogP contribution in [0, 0.1) is 0 Å². The van der Waals surface area contributed by atoms with Crippen molar-refractivity contribution in [3.8, 4) is 11.5 Å². The molecule has 0 radical (unpaired) electrons. The molecule has 6 heteroatoms. The SMILES string of the molecule is O=c1[nH]c2cccc(CNc3ccnc4ccc(Oc5ccccc5)cc34)c2o1. The van der Waals surface area contributed by atoms with Gasteiger partial charge in [-0.25, -0.2) is 4.79 Å². The van der Waals surface area contributed by atoms with Gasteiger partial charge >= 0.3 is 5.76 Å². The number of hydrogen-bond donors (Lipinski definition) is 2. The van der Waals surface area contributed by atoms with E-state index in [4.69, 9.17) is 9.15 Å². The molecule has 2 heterocycles. The van der Waals surface area contributed by atoms with Crippen molar-refractivity contribution < 1.29 is 9.15 Å². The van der Waals surface area contributed by atoms with E-state index in [9.17, 15) is 4.79 Å². The van der Waals surface area contributed by atoms with Crippen LogP contribution < -0.4 is 15.8 Å². The zero-order valence-electron chi connectivity index (χ0n) is 15.4. The van der Waals surface area contributed by atoms with E-state index in [0.717, 1.165) is 33.7 Å². The second-order valence-electron chi connectivity index (χ2n) is 6.61. The zero-order valence-corrected chi connectivity index (χ0v) is 15.4. The summed E-state index contributed by atoms with van der Waals surface area (Å²) < 4.78 is 11.2. The van der Waals surface area contributed by atoms with Crippen LogP contribution in [0.3, 0.4) is 0 Å². The molecule has 0 unspecified atom stereocenters. The number of nitrogens with one attached hydrogen (secondary N) is 2. The molecule has 3 aromatic carbocycles. The third kappa shape index (κ3) is 3.43. The zero-order chi connectivity index (χ0) is 19.6. The Labute approximate surface area is 165 Å². The number of oxazole rings is 1. The molecular formula is C23H17N3O3. The summed E-state index contributed by atoms with van der Waals surface area (Å²) in [5.41, 5.74) is 3.93. The number of hydrogen-bond acceptors (Lipinski definition) is 5. The molecule has 0 aliphatic carbocycles. The fraction of sp³-hybridized carbons (Fsp3) is 0.0435. The number of benzene rings is 3. The van der Waals surface area contributed by atoms with Gasteiger partial charge in [-0.1, -0.05) is 30.3 Å². The van der Waals surface area contributed by atoms with Gasteiger partial charge in [-0.15, -0.1) is 0 Å². The van der Waals surface area contributed by atoms with Crippen LogP contribution in [0.25, 0.3) is 22.0 Å². The second-order valence-corrected chi connectivity index (χ2v) is 6.61. The summed E-state index contributed by atoms with van der Waals surface area (Å²) in [5.74, 6) is 1.06. The third-order valence-corrected chi connectivity index (χ3v) is 4.69. The molecule has 0 aliphatic rings. The molecule has 5 rings (SSSR count). The molecular weight excluding hydrogens is 366 g/mol. The average molecular weight is 383 g/mol. The number of para-hydroxylation sites is 2. The van der Waals surface area contributed by atoms with Crippen LogP contribution in [0.5, 0.6) is 11.5 Å². The molecule has 2 N–H and O–H groups in total. The van der Waals surface area contributed by atoms with E-state index in [-0.39, 0.29) is 0 Å². The van der Waals surface area contributed by atoms with Gasteiger partial charge in [0, 0.05) is 29.4 Å². The molecule has 0 amide bonds. The fourth-order valence-corrected chi connectivity index (χ4v) is 3.33. The molecule has 0 aliphatic heterocycles. The molecule has 0 bridgehead atoms. The smallest absolute Gasteiger partial charge is 0.417 e. The van der Waals surface area contributed by atoms with Gasteiger partial charge < -0.3 is 14.5 Å². The maximum atomic E-state index is 11.5. The van der Waals surface area contributed by atoms with Gasteiger partial charge in [0.05, 0.1) is 11.0 Å². The van der Waals surface area contributed by atoms with E-state index < -0.39 is 5.76 Å². The summed E-state index contributed by atoms with van der Waals surface area (Å²) in [4.78, 5) is 18.6. The van der Waals surface area contributed by atoms with E-state index in [0.29, 0.717) is 17.6 Å². The van der Waals surface area contributed by atoms with E-state index in [1.807, 2.05) is 72.8 Å². The van der Waals surface area contributed by atoms with E-state index in [1.165, 1.54) is 0 Å². The van der Waals surface area contributed by atoms with Gasteiger partial charge in [-0.2, -0.15) is 0 Å². The van der Waals surface area contributed by atoms with Crippen molar-refractivity contribution in [2.45, 2.75) is 6.54 Å². The number of H-pyrrole nitrogens is 1. The van der Waals surface area contributed by atoms with E-state index in [1.54, 1.807) is 6.20 Å². The molecule has 0 spiro atoms. The predicted octanol–water partition coefficient (Wildman–Crippen LogP) is 5.07. The Kier molecular flexibility index (Phi) is 4.22. The number of aromatic amines is 1. The highest BCUT2D eigenvalue weighted by atomic mass is 16.5. The molecule has 29 heavy (non-hydrogen) atoms. The van der Waals surface area contributed by atoms with Crippen LogP contribution in [0.2, 0.25) is 0 Å². The Morgan fingerprint density at radius 1 is 0.966 bits per heavy atom. The molecule has 0 saturated carbocycles. The standard InChI is InChI=1S/C23H17N3O3/c27-23-26-21-8-4-5-15(22(21)29-23)14-25-20-11-12-24-19-10-9-17(13-18(19)20)28-16-6-2-1-3-7-16/h1-13H,14H2,(H,24,25)(H,26,27). The first-order valence-corrected chi connectivity index (χ1v) is 9.22. The lowest BCUT2D eigenvalue weighted by Crippen LogP contribution is -2.01. The van der Waals surface area contributed by atoms with Crippen LogP contribution >= 0.6 is 0 Å². The summed E-state index contributed by atoms with van der Waals surface area (Å²) in [7, 11) is 0. The summed E-state index contributed by atoms with van der Waals surface area (Å²) in [6.45, 7) is 0.501. The first kappa shape index (κ1) is 17.1. The molecule has 0 saturated heterocycles. The minimum absolute atomic E-state index is 0.454. The van der Waals surface area contributed by atoms with Gasteiger partial charge in [0.2, 0.25) is 0 Å². The molecule has 0 fully saturated rings. The Bertz CT molecular complexity index is 1360. The van der Waals surface area contributed by atoms with Crippen molar-refractivity contribution in [2.75, 3.05) is 5.32 Å². The summed E-state index contributed by atoms with van der Waals surface area (Å²) in [5, 5.41) is 4.37. The number of pyridine rings is 1. The lowest BCUT2D eigenvalue weighted by Gasteiger charge is -2.11. The monoisotopic (exact) mass is 383 g/mol. The van der Waals surface area contributed by atoms with Gasteiger partial charge in [0.15, 0.2) is 5.58 Å². The second kappa shape index (κ2) is 7.16. The minimum atomic E-state index is -0.454. The molecule has 142 valence electrons. The Morgan fingerprint density at radius 2 is 1.86 bits per heavy atom. The average Bonchev–Trinajstić information content (AvgIpc) is 3.14. The Morgan fingerprint density at radius 3 is 2.76 bits per heavy atom. The lowest BCUT2D eigenvalue weighted by molar-refractivity contribution is 0.483. The van der Waals surface area contributed by atoms with Crippen LogP contribution in [0.15, 0.2) is 88.2 Å². The maximum Gasteiger partial charge on any atom is 0.417 e. The van der Waals surface area contributed by atoms with Crippen LogP contribution in [0.1, 0.15) is 5.56 Å². The molecule has 2 aromatic heterocycles. The van der Waals surface area contributed by atoms with Crippen molar-refractivity contribution in [3.05, 3.63) is 95.1 Å². The van der Waals surface area contributed by atoms with Crippen molar-refractivity contribution in [3.63, 3.8) is 0 Å². The Balaban J connectivity index is 1.46. The van der Waals surface area contributed by atoms with Crippen LogP contribution in [0.4, 0.5) is 5.69 Å². The summed E-state index contributed by atoms with van der Waals surface area (Å²) >= 11 is 0. The van der Waals surface area contributed by atoms with Crippen molar-refractivity contribution in [1.82, 2.24) is 9.97 Å². The van der Waals surface area contributed by atoms with Crippen LogP contribution in [-0.4, -0.2) is 9.97 Å². The largest absolute Gasteiger partial charge is 0.457 e. The highest BCUT2D eigenvalue weighted by Crippen LogP contribution is 2.29. The summed E-state index contributed by atoms with van der Waals surface area (Å²) in [6.07, 6.45) is 1.76. The van der Waals surface area contributed by atoms with Gasteiger partial charge in [0.25, 0.3) is 0 Å². The topological polar surface area (TPSA) is 80.2 Å². The molecule has 6 nitrogen and oxygen atoms in total. The number of ether oxygens (including phenoxy) is 1. The van der Waals surface area contributed by atoms with Crippen molar-refractivity contribution in [1.29, 1.82) is 0 Å². The number of rotatable bonds is 5. The van der Waals surface area contributed by atoms with E-state index >= 15 is 0 Å². The predicted molar refractivity (Wildman–Crippen MR) is 112 cm³/mol. The third-order valence-electron chi connectivity index (χ3n) is 4.69. The van der Waals surface area contributed by atoms with Crippen LogP contribution in [-0.2, 0) is 6.54 Å². The number of fused-ring (bicyclic) bond motifs is 2.